The molecule has 3 aromatic carbocycles. The van der Waals surface area contributed by atoms with E-state index in [-0.39, 0.29) is 17.1 Å². The fourth-order valence-electron chi connectivity index (χ4n) is 4.88. The van der Waals surface area contributed by atoms with Gasteiger partial charge in [0, 0.05) is 44.9 Å². The van der Waals surface area contributed by atoms with Crippen LogP contribution in [-0.4, -0.2) is 5.78 Å². The number of halogens is 2. The molecule has 146 valence electrons. The molecular formula is C25H21Cl2NO. The smallest absolute Gasteiger partial charge is 0.162 e. The predicted octanol–water partition coefficient (Wildman–Crippen LogP) is 7.35. The van der Waals surface area contributed by atoms with Gasteiger partial charge in [-0.1, -0.05) is 73.4 Å². The normalized spacial score (nSPS) is 20.3. The summed E-state index contributed by atoms with van der Waals surface area (Å²) >= 11 is 13.4. The molecule has 0 radical (unpaired) electrons. The van der Waals surface area contributed by atoms with Gasteiger partial charge in [-0.2, -0.15) is 0 Å². The van der Waals surface area contributed by atoms with Crippen LogP contribution in [0.2, 0.25) is 10.0 Å². The van der Waals surface area contributed by atoms with E-state index in [1.54, 1.807) is 0 Å². The summed E-state index contributed by atoms with van der Waals surface area (Å²) in [7, 11) is 0. The number of nitrogens with one attached hydrogen (secondary N) is 1. The number of anilines is 1. The Kier molecular flexibility index (Phi) is 4.27. The van der Waals surface area contributed by atoms with E-state index >= 15 is 0 Å². The van der Waals surface area contributed by atoms with Crippen molar-refractivity contribution in [2.45, 2.75) is 32.6 Å². The first-order valence-corrected chi connectivity index (χ1v) is 10.6. The van der Waals surface area contributed by atoms with E-state index in [0.29, 0.717) is 16.5 Å². The third-order valence-electron chi connectivity index (χ3n) is 6.04. The highest BCUT2D eigenvalue weighted by Gasteiger charge is 2.42. The SMILES string of the molecule is CC1(C)CC(=O)C2=C(C1)Nc1ccc3ccccc3c1[C@@H]2c1c(Cl)cccc1Cl. The quantitative estimate of drug-likeness (QED) is 0.444. The van der Waals surface area contributed by atoms with Crippen LogP contribution in [-0.2, 0) is 4.79 Å². The molecule has 5 rings (SSSR count). The maximum absolute atomic E-state index is 13.4. The van der Waals surface area contributed by atoms with Gasteiger partial charge < -0.3 is 5.32 Å². The minimum Gasteiger partial charge on any atom is -0.358 e. The van der Waals surface area contributed by atoms with E-state index < -0.39 is 0 Å². The largest absolute Gasteiger partial charge is 0.358 e. The van der Waals surface area contributed by atoms with Crippen LogP contribution >= 0.6 is 23.2 Å². The van der Waals surface area contributed by atoms with Crippen molar-refractivity contribution in [3.63, 3.8) is 0 Å². The average molecular weight is 422 g/mol. The molecule has 0 saturated carbocycles. The van der Waals surface area contributed by atoms with Gasteiger partial charge in [0.25, 0.3) is 0 Å². The van der Waals surface area contributed by atoms with Crippen molar-refractivity contribution in [2.75, 3.05) is 5.32 Å². The number of hydrogen-bond donors (Lipinski definition) is 1. The molecule has 0 saturated heterocycles. The molecule has 0 fully saturated rings. The third kappa shape index (κ3) is 2.97. The van der Waals surface area contributed by atoms with E-state index in [1.165, 1.54) is 0 Å². The van der Waals surface area contributed by atoms with Gasteiger partial charge in [-0.05, 0) is 46.4 Å². The lowest BCUT2D eigenvalue weighted by molar-refractivity contribution is -0.118. The summed E-state index contributed by atoms with van der Waals surface area (Å²) in [6.45, 7) is 4.29. The molecule has 4 heteroatoms. The Morgan fingerprint density at radius 1 is 0.897 bits per heavy atom. The Labute approximate surface area is 180 Å². The molecule has 1 heterocycles. The van der Waals surface area contributed by atoms with Crippen molar-refractivity contribution in [3.8, 4) is 0 Å². The molecule has 0 aromatic heterocycles. The second kappa shape index (κ2) is 6.62. The first-order valence-electron chi connectivity index (χ1n) is 9.84. The number of benzene rings is 3. The molecule has 1 N–H and O–H groups in total. The third-order valence-corrected chi connectivity index (χ3v) is 6.70. The van der Waals surface area contributed by atoms with Crippen LogP contribution in [0, 0.1) is 5.41 Å². The van der Waals surface area contributed by atoms with Gasteiger partial charge in [0.1, 0.15) is 0 Å². The summed E-state index contributed by atoms with van der Waals surface area (Å²) in [5, 5.41) is 7.02. The monoisotopic (exact) mass is 421 g/mol. The van der Waals surface area contributed by atoms with Crippen LogP contribution in [0.1, 0.15) is 43.7 Å². The van der Waals surface area contributed by atoms with Crippen molar-refractivity contribution in [2.24, 2.45) is 5.41 Å². The lowest BCUT2D eigenvalue weighted by Crippen LogP contribution is -2.34. The second-order valence-electron chi connectivity index (χ2n) is 8.77. The Morgan fingerprint density at radius 2 is 1.62 bits per heavy atom. The highest BCUT2D eigenvalue weighted by atomic mass is 35.5. The summed E-state index contributed by atoms with van der Waals surface area (Å²) in [5.74, 6) is -0.111. The first kappa shape index (κ1) is 18.7. The Hall–Kier alpha value is -2.29. The Morgan fingerprint density at radius 3 is 2.38 bits per heavy atom. The number of allylic oxidation sites excluding steroid dienone is 2. The molecule has 2 nitrogen and oxygen atoms in total. The topological polar surface area (TPSA) is 29.1 Å². The zero-order valence-electron chi connectivity index (χ0n) is 16.4. The van der Waals surface area contributed by atoms with Crippen molar-refractivity contribution < 1.29 is 4.79 Å². The van der Waals surface area contributed by atoms with Crippen molar-refractivity contribution >= 4 is 45.4 Å². The molecule has 0 spiro atoms. The fourth-order valence-corrected chi connectivity index (χ4v) is 5.49. The van der Waals surface area contributed by atoms with Gasteiger partial charge in [-0.25, -0.2) is 0 Å². The zero-order chi connectivity index (χ0) is 20.3. The number of carbonyl (C=O) groups is 1. The minimum absolute atomic E-state index is 0.0773. The maximum Gasteiger partial charge on any atom is 0.162 e. The van der Waals surface area contributed by atoms with Crippen LogP contribution in [0.15, 0.2) is 65.9 Å². The number of carbonyl (C=O) groups excluding carboxylic acids is 1. The van der Waals surface area contributed by atoms with E-state index in [4.69, 9.17) is 23.2 Å². The molecule has 1 aliphatic heterocycles. The summed E-state index contributed by atoms with van der Waals surface area (Å²) in [5.41, 5.74) is 4.64. The number of hydrogen-bond acceptors (Lipinski definition) is 2. The van der Waals surface area contributed by atoms with Gasteiger partial charge in [-0.15, -0.1) is 0 Å². The summed E-state index contributed by atoms with van der Waals surface area (Å²) in [6.07, 6.45) is 1.34. The van der Waals surface area contributed by atoms with E-state index in [2.05, 4.69) is 43.4 Å². The molecule has 1 aliphatic carbocycles. The zero-order valence-corrected chi connectivity index (χ0v) is 17.9. The molecule has 0 bridgehead atoms. The lowest BCUT2D eigenvalue weighted by atomic mass is 9.68. The van der Waals surface area contributed by atoms with Crippen LogP contribution in [0.25, 0.3) is 10.8 Å². The average Bonchev–Trinajstić information content (AvgIpc) is 2.65. The summed E-state index contributed by atoms with van der Waals surface area (Å²) in [6, 6.07) is 18.0. The van der Waals surface area contributed by atoms with E-state index in [9.17, 15) is 4.79 Å². The van der Waals surface area contributed by atoms with E-state index in [0.717, 1.165) is 45.3 Å². The second-order valence-corrected chi connectivity index (χ2v) is 9.59. The van der Waals surface area contributed by atoms with E-state index in [1.807, 2.05) is 30.3 Å². The number of rotatable bonds is 1. The summed E-state index contributed by atoms with van der Waals surface area (Å²) in [4.78, 5) is 13.4. The lowest BCUT2D eigenvalue weighted by Gasteiger charge is -2.40. The predicted molar refractivity (Wildman–Crippen MR) is 121 cm³/mol. The van der Waals surface area contributed by atoms with Crippen LogP contribution in [0.3, 0.4) is 0 Å². The highest BCUT2D eigenvalue weighted by molar-refractivity contribution is 6.36. The standard InChI is InChI=1S/C25H21Cl2NO/c1-25(2)12-19-23(20(29)13-25)24(22-16(26)8-5-9-17(22)27)21-15-7-4-3-6-14(15)10-11-18(21)28-19/h3-11,24,28H,12-13H2,1-2H3/t24-/m1/s1. The molecule has 0 unspecified atom stereocenters. The number of Topliss-reactive ketones (excluding diaryl/α,β-unsaturated/α-hetero) is 1. The van der Waals surface area contributed by atoms with Gasteiger partial charge in [0.2, 0.25) is 0 Å². The van der Waals surface area contributed by atoms with Gasteiger partial charge in [-0.3, -0.25) is 4.79 Å². The molecule has 3 aromatic rings. The molecule has 29 heavy (non-hydrogen) atoms. The first-order chi connectivity index (χ1) is 13.9. The number of fused-ring (bicyclic) bond motifs is 3. The molecular weight excluding hydrogens is 401 g/mol. The van der Waals surface area contributed by atoms with Gasteiger partial charge >= 0.3 is 0 Å². The van der Waals surface area contributed by atoms with Crippen molar-refractivity contribution in [3.05, 3.63) is 87.0 Å². The minimum atomic E-state index is -0.280. The number of ketones is 1. The van der Waals surface area contributed by atoms with Crippen LogP contribution in [0.5, 0.6) is 0 Å². The Bertz CT molecular complexity index is 1190. The van der Waals surface area contributed by atoms with Crippen LogP contribution in [0.4, 0.5) is 5.69 Å². The molecule has 1 atom stereocenters. The Balaban J connectivity index is 1.87. The van der Waals surface area contributed by atoms with Crippen LogP contribution < -0.4 is 5.32 Å². The molecule has 2 aliphatic rings. The highest BCUT2D eigenvalue weighted by Crippen LogP contribution is 2.53. The summed E-state index contributed by atoms with van der Waals surface area (Å²) < 4.78 is 0. The van der Waals surface area contributed by atoms with Gasteiger partial charge in [0.05, 0.1) is 0 Å². The fraction of sp³-hybridized carbons (Fsp3) is 0.240. The van der Waals surface area contributed by atoms with Crippen molar-refractivity contribution in [1.29, 1.82) is 0 Å². The maximum atomic E-state index is 13.4. The molecule has 0 amide bonds. The van der Waals surface area contributed by atoms with Crippen molar-refractivity contribution in [1.82, 2.24) is 0 Å². The van der Waals surface area contributed by atoms with Gasteiger partial charge in [0.15, 0.2) is 5.78 Å².